The van der Waals surface area contributed by atoms with Crippen molar-refractivity contribution in [2.24, 2.45) is 5.92 Å². The molecule has 0 saturated carbocycles. The van der Waals surface area contributed by atoms with E-state index in [4.69, 9.17) is 0 Å². The fourth-order valence-electron chi connectivity index (χ4n) is 2.68. The lowest BCUT2D eigenvalue weighted by molar-refractivity contribution is 0.0848. The van der Waals surface area contributed by atoms with Crippen LogP contribution in [0.4, 0.5) is 0 Å². The second-order valence-corrected chi connectivity index (χ2v) is 5.57. The standard InChI is InChI=1S/C13H28N2/c1-6-13(7-2)10-15(5)12(9-14-13)8-11(3)4/h11-12,14H,6-10H2,1-5H3. The first-order valence-corrected chi connectivity index (χ1v) is 6.48. The van der Waals surface area contributed by atoms with Gasteiger partial charge in [-0.1, -0.05) is 27.7 Å². The van der Waals surface area contributed by atoms with Gasteiger partial charge in [0.05, 0.1) is 0 Å². The molecule has 1 heterocycles. The van der Waals surface area contributed by atoms with Crippen LogP contribution in [0.2, 0.25) is 0 Å². The van der Waals surface area contributed by atoms with E-state index in [1.54, 1.807) is 0 Å². The monoisotopic (exact) mass is 212 g/mol. The van der Waals surface area contributed by atoms with Gasteiger partial charge in [-0.05, 0) is 32.2 Å². The summed E-state index contributed by atoms with van der Waals surface area (Å²) in [6.07, 6.45) is 3.79. The lowest BCUT2D eigenvalue weighted by Gasteiger charge is -2.46. The van der Waals surface area contributed by atoms with Crippen LogP contribution in [0.25, 0.3) is 0 Å². The molecule has 1 saturated heterocycles. The van der Waals surface area contributed by atoms with E-state index in [1.165, 1.54) is 25.8 Å². The van der Waals surface area contributed by atoms with Gasteiger partial charge in [-0.3, -0.25) is 0 Å². The summed E-state index contributed by atoms with van der Waals surface area (Å²) in [6, 6.07) is 0.733. The van der Waals surface area contributed by atoms with Crippen molar-refractivity contribution in [3.05, 3.63) is 0 Å². The van der Waals surface area contributed by atoms with Gasteiger partial charge in [0.25, 0.3) is 0 Å². The molecule has 1 aliphatic rings. The lowest BCUT2D eigenvalue weighted by atomic mass is 9.87. The molecule has 0 spiro atoms. The molecule has 2 heteroatoms. The molecule has 1 atom stereocenters. The van der Waals surface area contributed by atoms with Crippen LogP contribution in [0.1, 0.15) is 47.0 Å². The Bertz CT molecular complexity index is 185. The Hall–Kier alpha value is -0.0800. The predicted octanol–water partition coefficient (Wildman–Crippen LogP) is 2.49. The molecule has 1 unspecified atom stereocenters. The van der Waals surface area contributed by atoms with E-state index >= 15 is 0 Å². The molecule has 0 radical (unpaired) electrons. The van der Waals surface area contributed by atoms with E-state index in [0.717, 1.165) is 18.5 Å². The molecule has 0 aromatic rings. The first-order chi connectivity index (χ1) is 7.03. The third-order valence-corrected chi connectivity index (χ3v) is 3.99. The molecule has 1 fully saturated rings. The summed E-state index contributed by atoms with van der Waals surface area (Å²) >= 11 is 0. The molecule has 1 rings (SSSR count). The molecule has 0 amide bonds. The SMILES string of the molecule is CCC1(CC)CN(C)C(CC(C)C)CN1. The van der Waals surface area contributed by atoms with Gasteiger partial charge in [-0.15, -0.1) is 0 Å². The van der Waals surface area contributed by atoms with Crippen LogP contribution in [0, 0.1) is 5.92 Å². The molecule has 2 nitrogen and oxygen atoms in total. The fraction of sp³-hybridized carbons (Fsp3) is 1.00. The number of hydrogen-bond acceptors (Lipinski definition) is 2. The summed E-state index contributed by atoms with van der Waals surface area (Å²) in [7, 11) is 2.29. The Balaban J connectivity index is 2.53. The van der Waals surface area contributed by atoms with Crippen LogP contribution in [0.3, 0.4) is 0 Å². The smallest absolute Gasteiger partial charge is 0.0304 e. The first-order valence-electron chi connectivity index (χ1n) is 6.48. The van der Waals surface area contributed by atoms with E-state index in [1.807, 2.05) is 0 Å². The molecule has 1 aliphatic heterocycles. The predicted molar refractivity (Wildman–Crippen MR) is 67.2 cm³/mol. The number of likely N-dealkylation sites (N-methyl/N-ethyl adjacent to an activating group) is 1. The van der Waals surface area contributed by atoms with Crippen molar-refractivity contribution in [3.63, 3.8) is 0 Å². The van der Waals surface area contributed by atoms with Crippen LogP contribution in [0.5, 0.6) is 0 Å². The van der Waals surface area contributed by atoms with Crippen molar-refractivity contribution in [1.29, 1.82) is 0 Å². The molecule has 0 aromatic heterocycles. The third-order valence-electron chi connectivity index (χ3n) is 3.99. The highest BCUT2D eigenvalue weighted by molar-refractivity contribution is 4.95. The van der Waals surface area contributed by atoms with Crippen molar-refractivity contribution in [2.45, 2.75) is 58.5 Å². The number of hydrogen-bond donors (Lipinski definition) is 1. The highest BCUT2D eigenvalue weighted by Crippen LogP contribution is 2.23. The van der Waals surface area contributed by atoms with E-state index in [0.29, 0.717) is 5.54 Å². The van der Waals surface area contributed by atoms with Crippen molar-refractivity contribution >= 4 is 0 Å². The average molecular weight is 212 g/mol. The second-order valence-electron chi connectivity index (χ2n) is 5.57. The molecular formula is C13H28N2. The Kier molecular flexibility index (Phi) is 4.60. The minimum Gasteiger partial charge on any atom is -0.308 e. The van der Waals surface area contributed by atoms with Gasteiger partial charge < -0.3 is 10.2 Å². The van der Waals surface area contributed by atoms with Gasteiger partial charge in [0.1, 0.15) is 0 Å². The molecule has 15 heavy (non-hydrogen) atoms. The van der Waals surface area contributed by atoms with Crippen LogP contribution in [-0.2, 0) is 0 Å². The van der Waals surface area contributed by atoms with Crippen molar-refractivity contribution in [3.8, 4) is 0 Å². The summed E-state index contributed by atoms with van der Waals surface area (Å²) in [6.45, 7) is 11.6. The Morgan fingerprint density at radius 2 is 1.93 bits per heavy atom. The number of nitrogens with one attached hydrogen (secondary N) is 1. The van der Waals surface area contributed by atoms with Gasteiger partial charge >= 0.3 is 0 Å². The molecular weight excluding hydrogens is 184 g/mol. The quantitative estimate of drug-likeness (QED) is 0.770. The van der Waals surface area contributed by atoms with Crippen molar-refractivity contribution < 1.29 is 0 Å². The third kappa shape index (κ3) is 3.18. The van der Waals surface area contributed by atoms with Crippen LogP contribution < -0.4 is 5.32 Å². The van der Waals surface area contributed by atoms with Gasteiger partial charge in [-0.2, -0.15) is 0 Å². The zero-order valence-corrected chi connectivity index (χ0v) is 11.1. The number of piperazine rings is 1. The Labute approximate surface area is 95.4 Å². The van der Waals surface area contributed by atoms with Crippen LogP contribution in [-0.4, -0.2) is 36.6 Å². The van der Waals surface area contributed by atoms with Gasteiger partial charge in [0, 0.05) is 24.7 Å². The largest absolute Gasteiger partial charge is 0.308 e. The maximum atomic E-state index is 3.78. The minimum atomic E-state index is 0.377. The summed E-state index contributed by atoms with van der Waals surface area (Å²) in [5, 5.41) is 3.78. The molecule has 1 N–H and O–H groups in total. The van der Waals surface area contributed by atoms with Gasteiger partial charge in [0.15, 0.2) is 0 Å². The summed E-state index contributed by atoms with van der Waals surface area (Å²) in [5.74, 6) is 0.801. The van der Waals surface area contributed by atoms with E-state index in [-0.39, 0.29) is 0 Å². The van der Waals surface area contributed by atoms with Crippen molar-refractivity contribution in [2.75, 3.05) is 20.1 Å². The molecule has 0 bridgehead atoms. The summed E-state index contributed by atoms with van der Waals surface area (Å²) < 4.78 is 0. The Morgan fingerprint density at radius 3 is 2.33 bits per heavy atom. The zero-order valence-electron chi connectivity index (χ0n) is 11.1. The normalized spacial score (nSPS) is 27.2. The zero-order chi connectivity index (χ0) is 11.5. The second kappa shape index (κ2) is 5.31. The van der Waals surface area contributed by atoms with Gasteiger partial charge in [-0.25, -0.2) is 0 Å². The van der Waals surface area contributed by atoms with E-state index in [2.05, 4.69) is 45.0 Å². The molecule has 0 aromatic carbocycles. The number of nitrogens with zero attached hydrogens (tertiary/aromatic N) is 1. The maximum absolute atomic E-state index is 3.78. The minimum absolute atomic E-state index is 0.377. The number of rotatable bonds is 4. The Morgan fingerprint density at radius 1 is 1.33 bits per heavy atom. The van der Waals surface area contributed by atoms with E-state index < -0.39 is 0 Å². The molecule has 90 valence electrons. The fourth-order valence-corrected chi connectivity index (χ4v) is 2.68. The lowest BCUT2D eigenvalue weighted by Crippen LogP contribution is -2.62. The van der Waals surface area contributed by atoms with Crippen LogP contribution in [0.15, 0.2) is 0 Å². The first kappa shape index (κ1) is 13.0. The topological polar surface area (TPSA) is 15.3 Å². The highest BCUT2D eigenvalue weighted by Gasteiger charge is 2.34. The summed E-state index contributed by atoms with van der Waals surface area (Å²) in [5.41, 5.74) is 0.377. The van der Waals surface area contributed by atoms with E-state index in [9.17, 15) is 0 Å². The van der Waals surface area contributed by atoms with Gasteiger partial charge in [0.2, 0.25) is 0 Å². The summed E-state index contributed by atoms with van der Waals surface area (Å²) in [4.78, 5) is 2.56. The van der Waals surface area contributed by atoms with Crippen molar-refractivity contribution in [1.82, 2.24) is 10.2 Å². The highest BCUT2D eigenvalue weighted by atomic mass is 15.2. The average Bonchev–Trinajstić information content (AvgIpc) is 2.21. The van der Waals surface area contributed by atoms with Crippen LogP contribution >= 0.6 is 0 Å². The maximum Gasteiger partial charge on any atom is 0.0304 e. The molecule has 0 aliphatic carbocycles.